The molecule has 8 heteroatoms. The van der Waals surface area contributed by atoms with Gasteiger partial charge in [0.25, 0.3) is 0 Å². The smallest absolute Gasteiger partial charge is 0.338 e. The van der Waals surface area contributed by atoms with Gasteiger partial charge in [0.2, 0.25) is 10.0 Å². The highest BCUT2D eigenvalue weighted by atomic mass is 32.2. The highest BCUT2D eigenvalue weighted by Gasteiger charge is 2.29. The minimum Gasteiger partial charge on any atom is -0.462 e. The van der Waals surface area contributed by atoms with Gasteiger partial charge in [0.1, 0.15) is 5.82 Å². The molecule has 1 fully saturated rings. The summed E-state index contributed by atoms with van der Waals surface area (Å²) in [6.45, 7) is 4.76. The van der Waals surface area contributed by atoms with Crippen LogP contribution in [0.1, 0.15) is 24.2 Å². The Hall–Kier alpha value is -1.51. The van der Waals surface area contributed by atoms with E-state index in [0.29, 0.717) is 19.6 Å². The molecule has 1 aromatic rings. The molecule has 1 aliphatic heterocycles. The number of nitrogens with zero attached hydrogens (tertiary/aromatic N) is 1. The number of esters is 1. The van der Waals surface area contributed by atoms with Gasteiger partial charge in [0.05, 0.1) is 17.1 Å². The van der Waals surface area contributed by atoms with E-state index in [4.69, 9.17) is 4.74 Å². The van der Waals surface area contributed by atoms with Gasteiger partial charge in [-0.25, -0.2) is 17.6 Å². The number of carbonyl (C=O) groups excluding carboxylic acids is 1. The molecule has 122 valence electrons. The summed E-state index contributed by atoms with van der Waals surface area (Å²) in [6.07, 6.45) is 0. The van der Waals surface area contributed by atoms with Crippen molar-refractivity contribution in [2.75, 3.05) is 26.2 Å². The molecule has 0 amide bonds. The Morgan fingerprint density at radius 2 is 2.18 bits per heavy atom. The third-order valence-electron chi connectivity index (χ3n) is 3.35. The van der Waals surface area contributed by atoms with Crippen molar-refractivity contribution in [3.8, 4) is 0 Å². The van der Waals surface area contributed by atoms with Gasteiger partial charge in [0.15, 0.2) is 0 Å². The minimum absolute atomic E-state index is 0.0154. The van der Waals surface area contributed by atoms with E-state index in [9.17, 15) is 17.6 Å². The van der Waals surface area contributed by atoms with E-state index in [1.165, 1.54) is 4.31 Å². The highest BCUT2D eigenvalue weighted by Crippen LogP contribution is 2.20. The number of ether oxygens (including phenoxy) is 1. The summed E-state index contributed by atoms with van der Waals surface area (Å²) < 4.78 is 45.0. The molecule has 0 bridgehead atoms. The van der Waals surface area contributed by atoms with Crippen molar-refractivity contribution < 1.29 is 22.3 Å². The Balaban J connectivity index is 2.36. The van der Waals surface area contributed by atoms with Gasteiger partial charge in [-0.1, -0.05) is 0 Å². The number of carbonyl (C=O) groups is 1. The van der Waals surface area contributed by atoms with Crippen LogP contribution < -0.4 is 5.32 Å². The summed E-state index contributed by atoms with van der Waals surface area (Å²) in [5.74, 6) is -1.53. The van der Waals surface area contributed by atoms with Gasteiger partial charge >= 0.3 is 5.97 Å². The van der Waals surface area contributed by atoms with E-state index in [1.807, 2.05) is 6.92 Å². The normalized spacial score (nSPS) is 19.9. The fraction of sp³-hybridized carbons (Fsp3) is 0.500. The molecule has 1 aliphatic rings. The molecular formula is C14H19FN2O4S. The van der Waals surface area contributed by atoms with Crippen LogP contribution in [0.15, 0.2) is 23.1 Å². The van der Waals surface area contributed by atoms with Crippen molar-refractivity contribution >= 4 is 16.0 Å². The predicted molar refractivity (Wildman–Crippen MR) is 78.6 cm³/mol. The molecule has 0 saturated carbocycles. The van der Waals surface area contributed by atoms with Gasteiger partial charge in [-0.15, -0.1) is 0 Å². The Labute approximate surface area is 129 Å². The first-order chi connectivity index (χ1) is 10.3. The van der Waals surface area contributed by atoms with Crippen molar-refractivity contribution in [2.45, 2.75) is 24.8 Å². The number of rotatable bonds is 4. The molecule has 22 heavy (non-hydrogen) atoms. The first-order valence-electron chi connectivity index (χ1n) is 7.06. The number of sulfonamides is 1. The van der Waals surface area contributed by atoms with Crippen molar-refractivity contribution in [3.05, 3.63) is 29.6 Å². The van der Waals surface area contributed by atoms with Crippen molar-refractivity contribution in [2.24, 2.45) is 0 Å². The quantitative estimate of drug-likeness (QED) is 0.833. The predicted octanol–water partition coefficient (Wildman–Crippen LogP) is 0.985. The Kier molecular flexibility index (Phi) is 5.15. The Bertz CT molecular complexity index is 663. The lowest BCUT2D eigenvalue weighted by atomic mass is 10.2. The van der Waals surface area contributed by atoms with Crippen LogP contribution in [0.5, 0.6) is 0 Å². The first kappa shape index (κ1) is 16.9. The number of benzene rings is 1. The number of hydrogen-bond donors (Lipinski definition) is 1. The average Bonchev–Trinajstić information content (AvgIpc) is 2.47. The van der Waals surface area contributed by atoms with Crippen LogP contribution in [0.2, 0.25) is 0 Å². The molecule has 1 unspecified atom stereocenters. The van der Waals surface area contributed by atoms with Gasteiger partial charge in [0, 0.05) is 25.7 Å². The van der Waals surface area contributed by atoms with Crippen molar-refractivity contribution in [1.29, 1.82) is 0 Å². The van der Waals surface area contributed by atoms with Crippen LogP contribution in [0.25, 0.3) is 0 Å². The summed E-state index contributed by atoms with van der Waals surface area (Å²) in [4.78, 5) is 11.5. The lowest BCUT2D eigenvalue weighted by Gasteiger charge is -2.31. The van der Waals surface area contributed by atoms with Crippen molar-refractivity contribution in [1.82, 2.24) is 9.62 Å². The van der Waals surface area contributed by atoms with Crippen LogP contribution in [-0.2, 0) is 14.8 Å². The second kappa shape index (κ2) is 6.72. The van der Waals surface area contributed by atoms with E-state index in [2.05, 4.69) is 5.32 Å². The van der Waals surface area contributed by atoms with Crippen molar-refractivity contribution in [3.63, 3.8) is 0 Å². The number of piperazine rings is 1. The molecule has 1 aromatic carbocycles. The molecule has 1 atom stereocenters. The summed E-state index contributed by atoms with van der Waals surface area (Å²) in [7, 11) is -3.84. The summed E-state index contributed by atoms with van der Waals surface area (Å²) in [5, 5.41) is 3.14. The summed E-state index contributed by atoms with van der Waals surface area (Å²) in [6, 6.07) is 3.06. The molecule has 1 heterocycles. The van der Waals surface area contributed by atoms with Crippen LogP contribution in [0.4, 0.5) is 4.39 Å². The number of nitrogens with one attached hydrogen (secondary N) is 1. The Morgan fingerprint density at radius 3 is 2.82 bits per heavy atom. The molecular weight excluding hydrogens is 311 g/mol. The average molecular weight is 330 g/mol. The zero-order chi connectivity index (χ0) is 16.3. The van der Waals surface area contributed by atoms with E-state index < -0.39 is 21.8 Å². The zero-order valence-electron chi connectivity index (χ0n) is 12.5. The number of halogens is 1. The molecule has 1 saturated heterocycles. The van der Waals surface area contributed by atoms with Gasteiger partial charge < -0.3 is 10.1 Å². The molecule has 0 spiro atoms. The maximum Gasteiger partial charge on any atom is 0.338 e. The third-order valence-corrected chi connectivity index (χ3v) is 5.19. The van der Waals surface area contributed by atoms with Crippen LogP contribution in [0, 0.1) is 5.82 Å². The van der Waals surface area contributed by atoms with Gasteiger partial charge in [-0.05, 0) is 32.0 Å². The summed E-state index contributed by atoms with van der Waals surface area (Å²) >= 11 is 0. The number of hydrogen-bond acceptors (Lipinski definition) is 5. The maximum atomic E-state index is 13.7. The molecule has 0 radical (unpaired) electrons. The van der Waals surface area contributed by atoms with E-state index in [0.717, 1.165) is 18.2 Å². The fourth-order valence-electron chi connectivity index (χ4n) is 2.31. The van der Waals surface area contributed by atoms with Gasteiger partial charge in [-0.3, -0.25) is 0 Å². The maximum absolute atomic E-state index is 13.7. The monoisotopic (exact) mass is 330 g/mol. The third kappa shape index (κ3) is 3.63. The first-order valence-corrected chi connectivity index (χ1v) is 8.50. The topological polar surface area (TPSA) is 75.7 Å². The lowest BCUT2D eigenvalue weighted by Crippen LogP contribution is -2.51. The largest absolute Gasteiger partial charge is 0.462 e. The second-order valence-corrected chi connectivity index (χ2v) is 7.05. The fourth-order valence-corrected chi connectivity index (χ4v) is 3.90. The van der Waals surface area contributed by atoms with Crippen LogP contribution in [0.3, 0.4) is 0 Å². The minimum atomic E-state index is -3.84. The van der Waals surface area contributed by atoms with E-state index >= 15 is 0 Å². The molecule has 0 aromatic heterocycles. The van der Waals surface area contributed by atoms with Crippen LogP contribution >= 0.6 is 0 Å². The van der Waals surface area contributed by atoms with Gasteiger partial charge in [-0.2, -0.15) is 4.31 Å². The van der Waals surface area contributed by atoms with E-state index in [1.54, 1.807) is 6.92 Å². The molecule has 2 rings (SSSR count). The molecule has 6 nitrogen and oxygen atoms in total. The SMILES string of the molecule is CCOC(=O)c1cc(F)cc(S(=O)(=O)N2CCNC(C)C2)c1. The lowest BCUT2D eigenvalue weighted by molar-refractivity contribution is 0.0525. The summed E-state index contributed by atoms with van der Waals surface area (Å²) in [5.41, 5.74) is -0.108. The Morgan fingerprint density at radius 1 is 1.45 bits per heavy atom. The molecule has 1 N–H and O–H groups in total. The standard InChI is InChI=1S/C14H19FN2O4S/c1-3-21-14(18)11-6-12(15)8-13(7-11)22(19,20)17-5-4-16-10(2)9-17/h6-8,10,16H,3-5,9H2,1-2H3. The zero-order valence-corrected chi connectivity index (χ0v) is 13.3. The van der Waals surface area contributed by atoms with Crippen LogP contribution in [-0.4, -0.2) is 51.0 Å². The highest BCUT2D eigenvalue weighted by molar-refractivity contribution is 7.89. The molecule has 0 aliphatic carbocycles. The van der Waals surface area contributed by atoms with E-state index in [-0.39, 0.29) is 23.1 Å². The second-order valence-electron chi connectivity index (χ2n) is 5.11.